The summed E-state index contributed by atoms with van der Waals surface area (Å²) in [5, 5.41) is 37.8. The molecule has 0 aliphatic carbocycles. The standard InChI is InChI=1S/C20H36O5/c1-2-3-4-5-6-7-8-9-10-12-17(21)15-16-19(23)18(22)13-11-14-20(24)25/h9-10,15-19,21-23H,2-8,11-14H2,1H3,(H,24,25)/b10-9-,16-15+. The van der Waals surface area contributed by atoms with E-state index in [1.165, 1.54) is 50.7 Å². The highest BCUT2D eigenvalue weighted by molar-refractivity contribution is 5.66. The Kier molecular flexibility index (Phi) is 15.5. The maximum Gasteiger partial charge on any atom is 0.303 e. The molecule has 0 aromatic heterocycles. The van der Waals surface area contributed by atoms with Crippen LogP contribution in [0.1, 0.15) is 77.6 Å². The van der Waals surface area contributed by atoms with Gasteiger partial charge in [-0.2, -0.15) is 0 Å². The van der Waals surface area contributed by atoms with Crippen LogP contribution in [0.2, 0.25) is 0 Å². The summed E-state index contributed by atoms with van der Waals surface area (Å²) in [7, 11) is 0. The van der Waals surface area contributed by atoms with Crippen LogP contribution < -0.4 is 0 Å². The van der Waals surface area contributed by atoms with Crippen LogP contribution in [0.15, 0.2) is 24.3 Å². The minimum absolute atomic E-state index is 0.0283. The number of aliphatic carboxylic acids is 1. The Balaban J connectivity index is 3.77. The van der Waals surface area contributed by atoms with Crippen molar-refractivity contribution in [3.05, 3.63) is 24.3 Å². The van der Waals surface area contributed by atoms with Crippen molar-refractivity contribution in [3.8, 4) is 0 Å². The molecule has 0 saturated heterocycles. The van der Waals surface area contributed by atoms with Crippen molar-refractivity contribution < 1.29 is 25.2 Å². The Morgan fingerprint density at radius 1 is 0.920 bits per heavy atom. The maximum atomic E-state index is 10.4. The van der Waals surface area contributed by atoms with Crippen molar-refractivity contribution in [2.45, 2.75) is 95.9 Å². The van der Waals surface area contributed by atoms with E-state index >= 15 is 0 Å². The summed E-state index contributed by atoms with van der Waals surface area (Å²) >= 11 is 0. The normalized spacial score (nSPS) is 15.7. The van der Waals surface area contributed by atoms with Gasteiger partial charge in [0.25, 0.3) is 0 Å². The van der Waals surface area contributed by atoms with E-state index in [1.54, 1.807) is 0 Å². The average Bonchev–Trinajstić information content (AvgIpc) is 2.57. The zero-order chi connectivity index (χ0) is 18.9. The van der Waals surface area contributed by atoms with Crippen LogP contribution in [0, 0.1) is 0 Å². The number of allylic oxidation sites excluding steroid dienone is 1. The van der Waals surface area contributed by atoms with Crippen molar-refractivity contribution in [1.29, 1.82) is 0 Å². The van der Waals surface area contributed by atoms with Crippen LogP contribution >= 0.6 is 0 Å². The predicted molar refractivity (Wildman–Crippen MR) is 100 cm³/mol. The molecule has 0 fully saturated rings. The Labute approximate surface area is 152 Å². The largest absolute Gasteiger partial charge is 0.481 e. The Bertz CT molecular complexity index is 378. The Morgan fingerprint density at radius 2 is 1.60 bits per heavy atom. The lowest BCUT2D eigenvalue weighted by atomic mass is 10.1. The van der Waals surface area contributed by atoms with Gasteiger partial charge in [0.1, 0.15) is 0 Å². The van der Waals surface area contributed by atoms with E-state index in [-0.39, 0.29) is 12.8 Å². The Morgan fingerprint density at radius 3 is 2.28 bits per heavy atom. The number of aliphatic hydroxyl groups is 3. The molecule has 25 heavy (non-hydrogen) atoms. The lowest BCUT2D eigenvalue weighted by Gasteiger charge is -2.14. The Hall–Kier alpha value is -1.17. The molecule has 0 heterocycles. The second-order valence-corrected chi connectivity index (χ2v) is 6.56. The van der Waals surface area contributed by atoms with Crippen LogP contribution in [0.25, 0.3) is 0 Å². The van der Waals surface area contributed by atoms with Crippen LogP contribution in [0.3, 0.4) is 0 Å². The fourth-order valence-corrected chi connectivity index (χ4v) is 2.48. The summed E-state index contributed by atoms with van der Waals surface area (Å²) < 4.78 is 0. The number of hydrogen-bond donors (Lipinski definition) is 4. The molecule has 4 N–H and O–H groups in total. The van der Waals surface area contributed by atoms with Gasteiger partial charge < -0.3 is 20.4 Å². The number of hydrogen-bond acceptors (Lipinski definition) is 4. The first-order chi connectivity index (χ1) is 12.0. The molecule has 0 aromatic carbocycles. The number of carboxylic acid groups (broad SMARTS) is 1. The molecule has 0 aliphatic heterocycles. The molecule has 0 bridgehead atoms. The second kappa shape index (κ2) is 16.3. The van der Waals surface area contributed by atoms with Gasteiger partial charge in [-0.15, -0.1) is 0 Å². The molecule has 3 unspecified atom stereocenters. The lowest BCUT2D eigenvalue weighted by Crippen LogP contribution is -2.24. The topological polar surface area (TPSA) is 98.0 Å². The van der Waals surface area contributed by atoms with Gasteiger partial charge in [-0.1, -0.05) is 63.3 Å². The fraction of sp³-hybridized carbons (Fsp3) is 0.750. The van der Waals surface area contributed by atoms with E-state index in [2.05, 4.69) is 13.0 Å². The van der Waals surface area contributed by atoms with Gasteiger partial charge in [0.05, 0.1) is 18.3 Å². The number of carboxylic acids is 1. The highest BCUT2D eigenvalue weighted by Gasteiger charge is 2.13. The zero-order valence-electron chi connectivity index (χ0n) is 15.5. The lowest BCUT2D eigenvalue weighted by molar-refractivity contribution is -0.137. The van der Waals surface area contributed by atoms with E-state index in [1.807, 2.05) is 6.08 Å². The first kappa shape index (κ1) is 23.8. The van der Waals surface area contributed by atoms with E-state index < -0.39 is 24.3 Å². The van der Waals surface area contributed by atoms with E-state index in [0.29, 0.717) is 12.8 Å². The van der Waals surface area contributed by atoms with Gasteiger partial charge in [-0.05, 0) is 32.1 Å². The van der Waals surface area contributed by atoms with E-state index in [4.69, 9.17) is 5.11 Å². The summed E-state index contributed by atoms with van der Waals surface area (Å²) in [6.07, 6.45) is 13.7. The van der Waals surface area contributed by atoms with Gasteiger partial charge in [-0.3, -0.25) is 4.79 Å². The third kappa shape index (κ3) is 16.1. The highest BCUT2D eigenvalue weighted by atomic mass is 16.4. The van der Waals surface area contributed by atoms with Crippen LogP contribution in [0.4, 0.5) is 0 Å². The van der Waals surface area contributed by atoms with Crippen molar-refractivity contribution in [1.82, 2.24) is 0 Å². The monoisotopic (exact) mass is 356 g/mol. The van der Waals surface area contributed by atoms with Crippen LogP contribution in [-0.4, -0.2) is 44.7 Å². The summed E-state index contributed by atoms with van der Waals surface area (Å²) in [5.41, 5.74) is 0. The molecule has 0 rings (SSSR count). The minimum atomic E-state index is -1.09. The predicted octanol–water partition coefficient (Wildman–Crippen LogP) is 3.58. The summed E-state index contributed by atoms with van der Waals surface area (Å²) in [6.45, 7) is 2.21. The molecule has 0 aliphatic rings. The number of carbonyl (C=O) groups is 1. The van der Waals surface area contributed by atoms with Gasteiger partial charge in [-0.25, -0.2) is 0 Å². The smallest absolute Gasteiger partial charge is 0.303 e. The molecule has 0 radical (unpaired) electrons. The zero-order valence-corrected chi connectivity index (χ0v) is 15.5. The molecule has 0 spiro atoms. The van der Waals surface area contributed by atoms with Gasteiger partial charge in [0.15, 0.2) is 0 Å². The van der Waals surface area contributed by atoms with Crippen LogP contribution in [-0.2, 0) is 4.79 Å². The summed E-state index contributed by atoms with van der Waals surface area (Å²) in [4.78, 5) is 10.4. The summed E-state index contributed by atoms with van der Waals surface area (Å²) in [6, 6.07) is 0. The molecule has 3 atom stereocenters. The van der Waals surface area contributed by atoms with Crippen LogP contribution in [0.5, 0.6) is 0 Å². The third-order valence-electron chi connectivity index (χ3n) is 4.08. The first-order valence-electron chi connectivity index (χ1n) is 9.56. The number of unbranched alkanes of at least 4 members (excludes halogenated alkanes) is 6. The average molecular weight is 357 g/mol. The molecular weight excluding hydrogens is 320 g/mol. The highest BCUT2D eigenvalue weighted by Crippen LogP contribution is 2.09. The molecule has 0 aromatic rings. The third-order valence-corrected chi connectivity index (χ3v) is 4.08. The molecular formula is C20H36O5. The molecule has 0 amide bonds. The number of rotatable bonds is 16. The maximum absolute atomic E-state index is 10.4. The molecule has 0 saturated carbocycles. The van der Waals surface area contributed by atoms with Crippen molar-refractivity contribution in [3.63, 3.8) is 0 Å². The minimum Gasteiger partial charge on any atom is -0.481 e. The van der Waals surface area contributed by atoms with Gasteiger partial charge >= 0.3 is 5.97 Å². The first-order valence-corrected chi connectivity index (χ1v) is 9.56. The van der Waals surface area contributed by atoms with E-state index in [0.717, 1.165) is 6.42 Å². The van der Waals surface area contributed by atoms with Crippen molar-refractivity contribution in [2.75, 3.05) is 0 Å². The number of aliphatic hydroxyl groups excluding tert-OH is 3. The van der Waals surface area contributed by atoms with E-state index in [9.17, 15) is 20.1 Å². The second-order valence-electron chi connectivity index (χ2n) is 6.56. The van der Waals surface area contributed by atoms with Crippen molar-refractivity contribution in [2.24, 2.45) is 0 Å². The van der Waals surface area contributed by atoms with Gasteiger partial charge in [0.2, 0.25) is 0 Å². The SMILES string of the molecule is CCCCCCCC/C=C\CC(O)/C=C/C(O)C(O)CCCC(=O)O. The van der Waals surface area contributed by atoms with Crippen molar-refractivity contribution >= 4 is 5.97 Å². The quantitative estimate of drug-likeness (QED) is 0.250. The summed E-state index contributed by atoms with van der Waals surface area (Å²) in [5.74, 6) is -0.916. The van der Waals surface area contributed by atoms with Gasteiger partial charge in [0, 0.05) is 6.42 Å². The molecule has 146 valence electrons. The fourth-order valence-electron chi connectivity index (χ4n) is 2.48. The molecule has 5 nitrogen and oxygen atoms in total. The molecule has 5 heteroatoms.